The molecule has 0 amide bonds. The van der Waals surface area contributed by atoms with Gasteiger partial charge in [0.2, 0.25) is 0 Å². The van der Waals surface area contributed by atoms with E-state index in [0.29, 0.717) is 17.9 Å². The van der Waals surface area contributed by atoms with Crippen LogP contribution in [0.15, 0.2) is 36.5 Å². The van der Waals surface area contributed by atoms with Crippen molar-refractivity contribution in [3.63, 3.8) is 0 Å². The fourth-order valence-electron chi connectivity index (χ4n) is 1.81. The summed E-state index contributed by atoms with van der Waals surface area (Å²) in [6.07, 6.45) is 1.69. The summed E-state index contributed by atoms with van der Waals surface area (Å²) < 4.78 is 0. The monoisotopic (exact) mass is 228 g/mol. The number of nitrogens with zero attached hydrogens (tertiary/aromatic N) is 2. The predicted molar refractivity (Wildman–Crippen MR) is 66.6 cm³/mol. The molecule has 1 N–H and O–H groups in total. The Labute approximate surface area is 101 Å². The topological polar surface area (TPSA) is 46.0 Å². The summed E-state index contributed by atoms with van der Waals surface area (Å²) in [5.74, 6) is 0.686. The summed E-state index contributed by atoms with van der Waals surface area (Å²) in [5.41, 5.74) is 3.02. The highest BCUT2D eigenvalue weighted by molar-refractivity contribution is 5.27. The van der Waals surface area contributed by atoms with Crippen LogP contribution in [0.5, 0.6) is 0 Å². The molecular formula is C14H16N2O. The Morgan fingerprint density at radius 3 is 2.65 bits per heavy atom. The second kappa shape index (κ2) is 5.06. The molecule has 1 unspecified atom stereocenters. The van der Waals surface area contributed by atoms with E-state index in [1.165, 1.54) is 5.56 Å². The van der Waals surface area contributed by atoms with Gasteiger partial charge in [-0.25, -0.2) is 9.97 Å². The van der Waals surface area contributed by atoms with Crippen LogP contribution in [-0.4, -0.2) is 15.1 Å². The van der Waals surface area contributed by atoms with Crippen molar-refractivity contribution < 1.29 is 5.11 Å². The molecule has 0 aliphatic rings. The van der Waals surface area contributed by atoms with Crippen LogP contribution < -0.4 is 0 Å². The quantitative estimate of drug-likeness (QED) is 0.877. The second-order valence-corrected chi connectivity index (χ2v) is 4.18. The molecule has 2 aromatic rings. The van der Waals surface area contributed by atoms with Crippen molar-refractivity contribution in [1.82, 2.24) is 9.97 Å². The molecule has 1 atom stereocenters. The molecule has 0 fully saturated rings. The Balaban J connectivity index is 2.17. The highest BCUT2D eigenvalue weighted by atomic mass is 16.3. The average molecular weight is 228 g/mol. The first-order valence-corrected chi connectivity index (χ1v) is 5.69. The van der Waals surface area contributed by atoms with Gasteiger partial charge in [0.1, 0.15) is 11.9 Å². The van der Waals surface area contributed by atoms with Gasteiger partial charge in [-0.05, 0) is 31.0 Å². The zero-order valence-corrected chi connectivity index (χ0v) is 10.1. The van der Waals surface area contributed by atoms with E-state index in [1.54, 1.807) is 12.3 Å². The van der Waals surface area contributed by atoms with E-state index in [2.05, 4.69) is 9.97 Å². The number of aliphatic hydroxyl groups excluding tert-OH is 1. The molecule has 3 heteroatoms. The molecule has 0 saturated heterocycles. The summed E-state index contributed by atoms with van der Waals surface area (Å²) in [5, 5.41) is 10.1. The van der Waals surface area contributed by atoms with Crippen molar-refractivity contribution in [2.75, 3.05) is 0 Å². The first-order chi connectivity index (χ1) is 8.16. The summed E-state index contributed by atoms with van der Waals surface area (Å²) in [6.45, 7) is 3.87. The van der Waals surface area contributed by atoms with Gasteiger partial charge in [-0.3, -0.25) is 0 Å². The smallest absolute Gasteiger partial charge is 0.125 e. The van der Waals surface area contributed by atoms with E-state index in [9.17, 15) is 5.11 Å². The van der Waals surface area contributed by atoms with Gasteiger partial charge in [0.15, 0.2) is 0 Å². The molecule has 3 nitrogen and oxygen atoms in total. The number of benzene rings is 1. The second-order valence-electron chi connectivity index (χ2n) is 4.18. The van der Waals surface area contributed by atoms with Crippen molar-refractivity contribution >= 4 is 0 Å². The lowest BCUT2D eigenvalue weighted by Gasteiger charge is -2.12. The molecule has 2 rings (SSSR count). The van der Waals surface area contributed by atoms with Gasteiger partial charge in [-0.2, -0.15) is 0 Å². The van der Waals surface area contributed by atoms with Crippen LogP contribution >= 0.6 is 0 Å². The highest BCUT2D eigenvalue weighted by Crippen LogP contribution is 2.18. The first kappa shape index (κ1) is 11.7. The lowest BCUT2D eigenvalue weighted by Crippen LogP contribution is -2.06. The van der Waals surface area contributed by atoms with Crippen LogP contribution in [0.25, 0.3) is 0 Å². The van der Waals surface area contributed by atoms with Crippen LogP contribution in [0.4, 0.5) is 0 Å². The van der Waals surface area contributed by atoms with Crippen LogP contribution in [0.1, 0.15) is 28.7 Å². The SMILES string of the molecule is Cc1nccc(C(O)Cc2ccccc2C)n1. The average Bonchev–Trinajstić information content (AvgIpc) is 2.32. The summed E-state index contributed by atoms with van der Waals surface area (Å²) in [6, 6.07) is 9.83. The van der Waals surface area contributed by atoms with Crippen LogP contribution in [0.2, 0.25) is 0 Å². The molecule has 17 heavy (non-hydrogen) atoms. The van der Waals surface area contributed by atoms with Gasteiger partial charge >= 0.3 is 0 Å². The van der Waals surface area contributed by atoms with Gasteiger partial charge < -0.3 is 5.11 Å². The van der Waals surface area contributed by atoms with Crippen molar-refractivity contribution in [1.29, 1.82) is 0 Å². The third-order valence-corrected chi connectivity index (χ3v) is 2.81. The zero-order chi connectivity index (χ0) is 12.3. The Morgan fingerprint density at radius 1 is 1.18 bits per heavy atom. The molecule has 1 aromatic heterocycles. The lowest BCUT2D eigenvalue weighted by atomic mass is 10.0. The Bertz CT molecular complexity index is 511. The maximum Gasteiger partial charge on any atom is 0.125 e. The van der Waals surface area contributed by atoms with Crippen LogP contribution in [0.3, 0.4) is 0 Å². The van der Waals surface area contributed by atoms with E-state index < -0.39 is 6.10 Å². The number of hydrogen-bond donors (Lipinski definition) is 1. The molecule has 0 aliphatic carbocycles. The van der Waals surface area contributed by atoms with Gasteiger partial charge in [0.05, 0.1) is 5.69 Å². The van der Waals surface area contributed by atoms with Crippen molar-refractivity contribution in [2.24, 2.45) is 0 Å². The standard InChI is InChI=1S/C14H16N2O/c1-10-5-3-4-6-12(10)9-14(17)13-7-8-15-11(2)16-13/h3-8,14,17H,9H2,1-2H3. The maximum absolute atomic E-state index is 10.1. The summed E-state index contributed by atoms with van der Waals surface area (Å²) >= 11 is 0. The molecule has 0 saturated carbocycles. The van der Waals surface area contributed by atoms with Crippen LogP contribution in [-0.2, 0) is 6.42 Å². The van der Waals surface area contributed by atoms with Crippen molar-refractivity contribution in [3.05, 3.63) is 59.2 Å². The number of aryl methyl sites for hydroxylation is 2. The van der Waals surface area contributed by atoms with E-state index in [-0.39, 0.29) is 0 Å². The Kier molecular flexibility index (Phi) is 3.49. The Morgan fingerprint density at radius 2 is 1.94 bits per heavy atom. The van der Waals surface area contributed by atoms with E-state index in [0.717, 1.165) is 5.56 Å². The van der Waals surface area contributed by atoms with Gasteiger partial charge in [-0.15, -0.1) is 0 Å². The maximum atomic E-state index is 10.1. The van der Waals surface area contributed by atoms with E-state index in [4.69, 9.17) is 0 Å². The summed E-state index contributed by atoms with van der Waals surface area (Å²) in [4.78, 5) is 8.26. The van der Waals surface area contributed by atoms with Gasteiger partial charge in [0, 0.05) is 12.6 Å². The van der Waals surface area contributed by atoms with Gasteiger partial charge in [0.25, 0.3) is 0 Å². The normalized spacial score (nSPS) is 12.4. The number of hydrogen-bond acceptors (Lipinski definition) is 3. The third kappa shape index (κ3) is 2.88. The van der Waals surface area contributed by atoms with Crippen molar-refractivity contribution in [2.45, 2.75) is 26.4 Å². The molecule has 88 valence electrons. The highest BCUT2D eigenvalue weighted by Gasteiger charge is 2.11. The number of aromatic nitrogens is 2. The molecular weight excluding hydrogens is 212 g/mol. The molecule has 0 spiro atoms. The molecule has 1 heterocycles. The minimum Gasteiger partial charge on any atom is -0.386 e. The fraction of sp³-hybridized carbons (Fsp3) is 0.286. The molecule has 0 aliphatic heterocycles. The largest absolute Gasteiger partial charge is 0.386 e. The fourth-order valence-corrected chi connectivity index (χ4v) is 1.81. The summed E-state index contributed by atoms with van der Waals surface area (Å²) in [7, 11) is 0. The third-order valence-electron chi connectivity index (χ3n) is 2.81. The van der Waals surface area contributed by atoms with Gasteiger partial charge in [-0.1, -0.05) is 24.3 Å². The lowest BCUT2D eigenvalue weighted by molar-refractivity contribution is 0.173. The number of aliphatic hydroxyl groups is 1. The minimum absolute atomic E-state index is 0.571. The predicted octanol–water partition coefficient (Wildman–Crippen LogP) is 2.37. The number of rotatable bonds is 3. The molecule has 0 radical (unpaired) electrons. The Hall–Kier alpha value is -1.74. The molecule has 1 aromatic carbocycles. The van der Waals surface area contributed by atoms with Crippen molar-refractivity contribution in [3.8, 4) is 0 Å². The minimum atomic E-state index is -0.571. The van der Waals surface area contributed by atoms with Crippen LogP contribution in [0, 0.1) is 13.8 Å². The molecule has 0 bridgehead atoms. The first-order valence-electron chi connectivity index (χ1n) is 5.69. The van der Waals surface area contributed by atoms with E-state index >= 15 is 0 Å². The van der Waals surface area contributed by atoms with E-state index in [1.807, 2.05) is 38.1 Å². The zero-order valence-electron chi connectivity index (χ0n) is 10.1.